The molecule has 0 aliphatic heterocycles. The Kier molecular flexibility index (Phi) is 3.27. The molecule has 0 spiro atoms. The molecule has 0 unspecified atom stereocenters. The average molecular weight is 222 g/mol. The maximum atomic E-state index is 10.8. The monoisotopic (exact) mass is 222 g/mol. The van der Waals surface area contributed by atoms with E-state index in [-0.39, 0.29) is 12.2 Å². The van der Waals surface area contributed by atoms with Gasteiger partial charge in [-0.3, -0.25) is 4.79 Å². The summed E-state index contributed by atoms with van der Waals surface area (Å²) in [6, 6.07) is 3.56. The molecule has 0 aliphatic carbocycles. The number of phenols is 1. The first-order chi connectivity index (χ1) is 7.24. The number of carboxylic acids is 1. The Bertz CT molecular complexity index is 419. The quantitative estimate of drug-likeness (QED) is 0.826. The lowest BCUT2D eigenvalue weighted by Gasteiger charge is -2.25. The van der Waals surface area contributed by atoms with Gasteiger partial charge in [-0.2, -0.15) is 0 Å². The molecule has 16 heavy (non-hydrogen) atoms. The second-order valence-corrected chi connectivity index (χ2v) is 4.91. The molecule has 0 bridgehead atoms. The Balaban J connectivity index is 3.22. The molecule has 0 amide bonds. The zero-order chi connectivity index (χ0) is 12.5. The number of hydrogen-bond donors (Lipinski definition) is 2. The molecule has 0 aromatic heterocycles. The number of rotatable bonds is 3. The predicted octanol–water partition coefficient (Wildman–Crippen LogP) is 2.76. The minimum absolute atomic E-state index is 0.00304. The van der Waals surface area contributed by atoms with Crippen LogP contribution in [0.5, 0.6) is 5.75 Å². The van der Waals surface area contributed by atoms with Gasteiger partial charge < -0.3 is 10.2 Å². The van der Waals surface area contributed by atoms with E-state index in [1.165, 1.54) is 0 Å². The van der Waals surface area contributed by atoms with E-state index in [1.807, 2.05) is 33.8 Å². The Hall–Kier alpha value is -1.51. The van der Waals surface area contributed by atoms with E-state index in [0.29, 0.717) is 5.56 Å². The molecule has 1 rings (SSSR count). The molecule has 88 valence electrons. The Morgan fingerprint density at radius 3 is 2.25 bits per heavy atom. The molecule has 0 saturated heterocycles. The Labute approximate surface area is 95.7 Å². The summed E-state index contributed by atoms with van der Waals surface area (Å²) in [4.78, 5) is 10.8. The van der Waals surface area contributed by atoms with Crippen molar-refractivity contribution in [2.45, 2.75) is 39.5 Å². The first-order valence-electron chi connectivity index (χ1n) is 5.26. The summed E-state index contributed by atoms with van der Waals surface area (Å²) in [5.74, 6) is -0.683. The molecule has 0 saturated carbocycles. The van der Waals surface area contributed by atoms with Crippen molar-refractivity contribution in [2.24, 2.45) is 0 Å². The second-order valence-electron chi connectivity index (χ2n) is 4.91. The van der Waals surface area contributed by atoms with Crippen molar-refractivity contribution in [2.75, 3.05) is 0 Å². The predicted molar refractivity (Wildman–Crippen MR) is 62.9 cm³/mol. The molecule has 1 aromatic carbocycles. The van der Waals surface area contributed by atoms with Crippen LogP contribution in [-0.4, -0.2) is 16.2 Å². The molecule has 0 heterocycles. The van der Waals surface area contributed by atoms with Gasteiger partial charge in [0.25, 0.3) is 0 Å². The standard InChI is InChI=1S/C13H18O3/c1-8-5-10(11(14)6-9(8)2)13(3,4)7-12(15)16/h5-6,14H,7H2,1-4H3,(H,15,16). The SMILES string of the molecule is Cc1cc(O)c(C(C)(C)CC(=O)O)cc1C. The molecule has 3 heteroatoms. The summed E-state index contributed by atoms with van der Waals surface area (Å²) in [6.07, 6.45) is 0.00304. The van der Waals surface area contributed by atoms with Crippen LogP contribution in [0.4, 0.5) is 0 Å². The van der Waals surface area contributed by atoms with Gasteiger partial charge in [0, 0.05) is 11.0 Å². The summed E-state index contributed by atoms with van der Waals surface area (Å²) in [5.41, 5.74) is 2.20. The van der Waals surface area contributed by atoms with Crippen molar-refractivity contribution in [1.29, 1.82) is 0 Å². The zero-order valence-electron chi connectivity index (χ0n) is 10.2. The summed E-state index contributed by atoms with van der Waals surface area (Å²) >= 11 is 0. The fraction of sp³-hybridized carbons (Fsp3) is 0.462. The second kappa shape index (κ2) is 4.16. The normalized spacial score (nSPS) is 11.5. The van der Waals surface area contributed by atoms with Gasteiger partial charge in [0.2, 0.25) is 0 Å². The van der Waals surface area contributed by atoms with E-state index in [0.717, 1.165) is 11.1 Å². The lowest BCUT2D eigenvalue weighted by Crippen LogP contribution is -2.22. The van der Waals surface area contributed by atoms with E-state index in [2.05, 4.69) is 0 Å². The van der Waals surface area contributed by atoms with Crippen LogP contribution in [0.15, 0.2) is 12.1 Å². The largest absolute Gasteiger partial charge is 0.508 e. The number of aliphatic carboxylic acids is 1. The molecule has 2 N–H and O–H groups in total. The van der Waals surface area contributed by atoms with Crippen LogP contribution < -0.4 is 0 Å². The third kappa shape index (κ3) is 2.54. The minimum Gasteiger partial charge on any atom is -0.508 e. The topological polar surface area (TPSA) is 57.5 Å². The summed E-state index contributed by atoms with van der Waals surface area (Å²) < 4.78 is 0. The first kappa shape index (κ1) is 12.6. The summed E-state index contributed by atoms with van der Waals surface area (Å²) in [6.45, 7) is 7.52. The van der Waals surface area contributed by atoms with Gasteiger partial charge in [-0.25, -0.2) is 0 Å². The lowest BCUT2D eigenvalue weighted by atomic mass is 9.80. The number of carbonyl (C=O) groups is 1. The highest BCUT2D eigenvalue weighted by Gasteiger charge is 2.27. The smallest absolute Gasteiger partial charge is 0.304 e. The molecular formula is C13H18O3. The Morgan fingerprint density at radius 1 is 1.25 bits per heavy atom. The van der Waals surface area contributed by atoms with E-state index >= 15 is 0 Å². The van der Waals surface area contributed by atoms with Gasteiger partial charge in [-0.05, 0) is 31.0 Å². The van der Waals surface area contributed by atoms with Crippen molar-refractivity contribution in [1.82, 2.24) is 0 Å². The fourth-order valence-corrected chi connectivity index (χ4v) is 1.82. The minimum atomic E-state index is -0.859. The highest BCUT2D eigenvalue weighted by Crippen LogP contribution is 2.35. The van der Waals surface area contributed by atoms with Gasteiger partial charge in [-0.1, -0.05) is 19.9 Å². The number of phenolic OH excluding ortho intramolecular Hbond substituents is 1. The van der Waals surface area contributed by atoms with Gasteiger partial charge in [0.05, 0.1) is 6.42 Å². The van der Waals surface area contributed by atoms with Crippen LogP contribution in [0.3, 0.4) is 0 Å². The highest BCUT2D eigenvalue weighted by molar-refractivity contribution is 5.69. The third-order valence-corrected chi connectivity index (χ3v) is 2.93. The molecule has 0 radical (unpaired) electrons. The van der Waals surface area contributed by atoms with Crippen LogP contribution in [0, 0.1) is 13.8 Å². The number of benzene rings is 1. The molecule has 3 nitrogen and oxygen atoms in total. The van der Waals surface area contributed by atoms with Crippen LogP contribution in [0.1, 0.15) is 37.0 Å². The number of aryl methyl sites for hydroxylation is 2. The maximum Gasteiger partial charge on any atom is 0.304 e. The number of aromatic hydroxyl groups is 1. The maximum absolute atomic E-state index is 10.8. The summed E-state index contributed by atoms with van der Waals surface area (Å²) in [7, 11) is 0. The van der Waals surface area contributed by atoms with Gasteiger partial charge in [0.1, 0.15) is 5.75 Å². The van der Waals surface area contributed by atoms with Gasteiger partial charge in [-0.15, -0.1) is 0 Å². The van der Waals surface area contributed by atoms with Gasteiger partial charge >= 0.3 is 5.97 Å². The highest BCUT2D eigenvalue weighted by atomic mass is 16.4. The Morgan fingerprint density at radius 2 is 1.75 bits per heavy atom. The van der Waals surface area contributed by atoms with Crippen molar-refractivity contribution in [3.8, 4) is 5.75 Å². The molecule has 1 aromatic rings. The van der Waals surface area contributed by atoms with Crippen molar-refractivity contribution in [3.05, 3.63) is 28.8 Å². The van der Waals surface area contributed by atoms with Crippen LogP contribution in [0.2, 0.25) is 0 Å². The molecular weight excluding hydrogens is 204 g/mol. The fourth-order valence-electron chi connectivity index (χ4n) is 1.82. The van der Waals surface area contributed by atoms with Crippen molar-refractivity contribution >= 4 is 5.97 Å². The van der Waals surface area contributed by atoms with Crippen molar-refractivity contribution in [3.63, 3.8) is 0 Å². The van der Waals surface area contributed by atoms with Crippen LogP contribution in [0.25, 0.3) is 0 Å². The lowest BCUT2D eigenvalue weighted by molar-refractivity contribution is -0.138. The van der Waals surface area contributed by atoms with Crippen LogP contribution in [-0.2, 0) is 10.2 Å². The van der Waals surface area contributed by atoms with E-state index in [9.17, 15) is 9.90 Å². The average Bonchev–Trinajstić information content (AvgIpc) is 2.08. The van der Waals surface area contributed by atoms with E-state index in [4.69, 9.17) is 5.11 Å². The summed E-state index contributed by atoms with van der Waals surface area (Å²) in [5, 5.41) is 18.7. The molecule has 0 atom stereocenters. The van der Waals surface area contributed by atoms with Crippen LogP contribution >= 0.6 is 0 Å². The van der Waals surface area contributed by atoms with E-state index in [1.54, 1.807) is 6.07 Å². The third-order valence-electron chi connectivity index (χ3n) is 2.93. The zero-order valence-corrected chi connectivity index (χ0v) is 10.2. The van der Waals surface area contributed by atoms with E-state index < -0.39 is 11.4 Å². The van der Waals surface area contributed by atoms with Gasteiger partial charge in [0.15, 0.2) is 0 Å². The number of carboxylic acid groups (broad SMARTS) is 1. The molecule has 0 aliphatic rings. The molecule has 0 fully saturated rings. The van der Waals surface area contributed by atoms with Crippen molar-refractivity contribution < 1.29 is 15.0 Å². The first-order valence-corrected chi connectivity index (χ1v) is 5.26. The number of hydrogen-bond acceptors (Lipinski definition) is 2.